The number of carboxylic acids is 1. The molecule has 9 nitrogen and oxygen atoms in total. The van der Waals surface area contributed by atoms with E-state index in [0.29, 0.717) is 17.4 Å². The molecule has 0 spiro atoms. The molecule has 0 rings (SSSR count). The maximum atomic E-state index is 13.0. The van der Waals surface area contributed by atoms with Crippen molar-refractivity contribution in [2.75, 3.05) is 47.5 Å². The molecular weight excluding hydrogens is 1250 g/mol. The third-order valence-corrected chi connectivity index (χ3v) is 17.8. The van der Waals surface area contributed by atoms with Crippen LogP contribution in [0.3, 0.4) is 0 Å². The van der Waals surface area contributed by atoms with Gasteiger partial charge in [0.05, 0.1) is 40.3 Å². The van der Waals surface area contributed by atoms with Gasteiger partial charge in [0.25, 0.3) is 0 Å². The molecule has 0 aromatic rings. The van der Waals surface area contributed by atoms with Crippen LogP contribution in [0.2, 0.25) is 0 Å². The first-order chi connectivity index (χ1) is 49.6. The Morgan fingerprint density at radius 3 is 0.842 bits per heavy atom. The molecule has 576 valence electrons. The maximum absolute atomic E-state index is 13.0. The van der Waals surface area contributed by atoms with Gasteiger partial charge in [-0.25, -0.2) is 0 Å². The predicted molar refractivity (Wildman–Crippen MR) is 435 cm³/mol. The van der Waals surface area contributed by atoms with Gasteiger partial charge in [-0.15, -0.1) is 0 Å². The number of nitrogens with zero attached hydrogens (tertiary/aromatic N) is 1. The summed E-state index contributed by atoms with van der Waals surface area (Å²) >= 11 is 0. The number of hydrogen-bond acceptors (Lipinski definition) is 8. The fraction of sp³-hybridized carbons (Fsp3) is 0.685. The molecule has 2 unspecified atom stereocenters. The summed E-state index contributed by atoms with van der Waals surface area (Å²) in [5, 5.41) is 11.9. The zero-order valence-corrected chi connectivity index (χ0v) is 66.0. The summed E-state index contributed by atoms with van der Waals surface area (Å²) in [4.78, 5) is 37.6. The van der Waals surface area contributed by atoms with Crippen molar-refractivity contribution in [2.24, 2.45) is 0 Å². The highest BCUT2D eigenvalue weighted by Crippen LogP contribution is 2.18. The number of hydrogen-bond donors (Lipinski definition) is 0. The van der Waals surface area contributed by atoms with Crippen LogP contribution in [-0.4, -0.2) is 82.3 Å². The highest BCUT2D eigenvalue weighted by Gasteiger charge is 2.22. The minimum atomic E-state index is -1.63. The van der Waals surface area contributed by atoms with Gasteiger partial charge < -0.3 is 33.3 Å². The predicted octanol–water partition coefficient (Wildman–Crippen LogP) is 25.8. The van der Waals surface area contributed by atoms with Crippen LogP contribution < -0.4 is 5.11 Å². The molecule has 0 aliphatic carbocycles. The van der Waals surface area contributed by atoms with Crippen molar-refractivity contribution in [2.45, 2.75) is 360 Å². The van der Waals surface area contributed by atoms with E-state index in [1.807, 2.05) is 21.1 Å². The largest absolute Gasteiger partial charge is 0.545 e. The van der Waals surface area contributed by atoms with Gasteiger partial charge >= 0.3 is 11.9 Å². The van der Waals surface area contributed by atoms with E-state index in [1.54, 1.807) is 0 Å². The molecular formula is C92H155NO8. The van der Waals surface area contributed by atoms with E-state index in [4.69, 9.17) is 18.9 Å². The van der Waals surface area contributed by atoms with Crippen molar-refractivity contribution >= 4 is 17.9 Å². The smallest absolute Gasteiger partial charge is 0.306 e. The van der Waals surface area contributed by atoms with Crippen molar-refractivity contribution in [3.05, 3.63) is 158 Å². The third kappa shape index (κ3) is 82.1. The summed E-state index contributed by atoms with van der Waals surface area (Å²) in [6.45, 7) is 4.63. The van der Waals surface area contributed by atoms with Crippen LogP contribution in [0.4, 0.5) is 0 Å². The number of unbranched alkanes of at least 4 members (excludes halogenated alkanes) is 35. The number of carbonyl (C=O) groups excluding carboxylic acids is 3. The first-order valence-corrected chi connectivity index (χ1v) is 41.6. The average Bonchev–Trinajstić information content (AvgIpc) is 1.21. The second kappa shape index (κ2) is 80.6. The lowest BCUT2D eigenvalue weighted by Gasteiger charge is -2.26. The van der Waals surface area contributed by atoms with Gasteiger partial charge in [0.2, 0.25) is 0 Å². The molecule has 0 aromatic carbocycles. The van der Waals surface area contributed by atoms with E-state index in [1.165, 1.54) is 193 Å². The molecule has 0 saturated heterocycles. The molecule has 0 radical (unpaired) electrons. The average molecular weight is 1400 g/mol. The SMILES string of the molecule is CC/C=C\C/C=C\C/C=C\C/C=C\C/C=C\C/C=C\C/C=C\C/C=C\C/C=C\C/C=C\C/C=C\CCCCCCCCCC(=O)OC(COC(=O)CCCCCCCCCCCCCCCCCCCCCCCCC/C=C\C/C=C\CCCCCCC)COC(OCC[N+](C)(C)C)C(=O)[O-]. The van der Waals surface area contributed by atoms with Gasteiger partial charge in [0, 0.05) is 12.8 Å². The van der Waals surface area contributed by atoms with E-state index in [9.17, 15) is 19.5 Å². The van der Waals surface area contributed by atoms with Crippen LogP contribution in [0.15, 0.2) is 158 Å². The van der Waals surface area contributed by atoms with Crippen molar-refractivity contribution in [3.8, 4) is 0 Å². The Balaban J connectivity index is 4.09. The monoisotopic (exact) mass is 1400 g/mol. The highest BCUT2D eigenvalue weighted by atomic mass is 16.7. The van der Waals surface area contributed by atoms with E-state index in [2.05, 4.69) is 172 Å². The Morgan fingerprint density at radius 1 is 0.307 bits per heavy atom. The molecule has 101 heavy (non-hydrogen) atoms. The molecule has 0 amide bonds. The van der Waals surface area contributed by atoms with Crippen LogP contribution in [0.25, 0.3) is 0 Å². The van der Waals surface area contributed by atoms with Crippen LogP contribution >= 0.6 is 0 Å². The Morgan fingerprint density at radius 2 is 0.564 bits per heavy atom. The number of allylic oxidation sites excluding steroid dienone is 26. The van der Waals surface area contributed by atoms with E-state index in [-0.39, 0.29) is 38.6 Å². The van der Waals surface area contributed by atoms with E-state index >= 15 is 0 Å². The number of rotatable bonds is 76. The molecule has 2 atom stereocenters. The molecule has 0 aliphatic rings. The van der Waals surface area contributed by atoms with Crippen LogP contribution in [-0.2, 0) is 33.3 Å². The first-order valence-electron chi connectivity index (χ1n) is 41.6. The number of carbonyl (C=O) groups is 3. The summed E-state index contributed by atoms with van der Waals surface area (Å²) in [5.41, 5.74) is 0. The summed E-state index contributed by atoms with van der Waals surface area (Å²) in [6, 6.07) is 0. The van der Waals surface area contributed by atoms with Crippen molar-refractivity contribution in [1.29, 1.82) is 0 Å². The number of quaternary nitrogens is 1. The number of aliphatic carboxylic acids is 1. The van der Waals surface area contributed by atoms with Gasteiger partial charge in [-0.3, -0.25) is 9.59 Å². The minimum Gasteiger partial charge on any atom is -0.545 e. The zero-order chi connectivity index (χ0) is 73.2. The van der Waals surface area contributed by atoms with Gasteiger partial charge in [-0.1, -0.05) is 364 Å². The Kier molecular flexibility index (Phi) is 76.5. The van der Waals surface area contributed by atoms with Gasteiger partial charge in [-0.05, 0) is 128 Å². The molecule has 0 aliphatic heterocycles. The minimum absolute atomic E-state index is 0.140. The fourth-order valence-electron chi connectivity index (χ4n) is 11.5. The number of carboxylic acid groups (broad SMARTS) is 1. The molecule has 0 saturated carbocycles. The lowest BCUT2D eigenvalue weighted by molar-refractivity contribution is -0.870. The lowest BCUT2D eigenvalue weighted by Crippen LogP contribution is -2.44. The highest BCUT2D eigenvalue weighted by molar-refractivity contribution is 5.70. The fourth-order valence-corrected chi connectivity index (χ4v) is 11.5. The number of ether oxygens (including phenoxy) is 4. The van der Waals surface area contributed by atoms with Crippen molar-refractivity contribution in [1.82, 2.24) is 0 Å². The molecule has 0 N–H and O–H groups in total. The second-order valence-corrected chi connectivity index (χ2v) is 28.7. The lowest BCUT2D eigenvalue weighted by atomic mass is 10.0. The Labute approximate surface area is 623 Å². The van der Waals surface area contributed by atoms with E-state index in [0.717, 1.165) is 122 Å². The maximum Gasteiger partial charge on any atom is 0.306 e. The molecule has 0 heterocycles. The van der Waals surface area contributed by atoms with Gasteiger partial charge in [0.15, 0.2) is 12.4 Å². The second-order valence-electron chi connectivity index (χ2n) is 28.7. The summed E-state index contributed by atoms with van der Waals surface area (Å²) in [7, 11) is 5.93. The summed E-state index contributed by atoms with van der Waals surface area (Å²) in [6.07, 6.45) is 117. The van der Waals surface area contributed by atoms with Gasteiger partial charge in [-0.2, -0.15) is 0 Å². The first kappa shape index (κ1) is 95.9. The zero-order valence-electron chi connectivity index (χ0n) is 66.0. The Bertz CT molecular complexity index is 2230. The van der Waals surface area contributed by atoms with Crippen molar-refractivity contribution in [3.63, 3.8) is 0 Å². The summed E-state index contributed by atoms with van der Waals surface area (Å²) in [5.74, 6) is -2.29. The van der Waals surface area contributed by atoms with Crippen molar-refractivity contribution < 1.29 is 42.9 Å². The number of esters is 2. The standard InChI is InChI=1S/C92H155NO8/c1-6-8-10-12-14-16-18-20-22-24-26-28-30-32-34-36-38-40-42-43-44-45-46-47-49-51-53-55-57-59-61-63-65-67-69-71-73-75-77-79-81-83-90(95)101-88(87-100-92(91(96)97)98-85-84-93(3,4)5)86-99-89(94)82-80-78-76-74-72-70-68-66-64-62-60-58-56-54-52-50-48-41-39-37-35-33-31-29-27-25-23-21-19-17-15-13-11-9-7-2/h8,10,14,16,19-22,25-28,32,34,38,40,43-44,46-47,51,53,57,59,63,65,88,92H,6-7,9,11-13,15,17-18,23-24,29-31,33,35-37,39,41-42,45,48-50,52,54-56,58,60-62,64,66-87H2,1-5H3/b10-8-,16-14-,21-19-,22-20-,27-25-,28-26-,34-32-,40-38-,44-43-,47-46-,53-51-,59-57-,65-63-. The van der Waals surface area contributed by atoms with Gasteiger partial charge in [0.1, 0.15) is 13.2 Å². The molecule has 0 bridgehead atoms. The third-order valence-electron chi connectivity index (χ3n) is 17.8. The van der Waals surface area contributed by atoms with E-state index < -0.39 is 24.3 Å². The van der Waals surface area contributed by atoms with Crippen LogP contribution in [0, 0.1) is 0 Å². The normalized spacial score (nSPS) is 13.5. The van der Waals surface area contributed by atoms with Crippen LogP contribution in [0.1, 0.15) is 348 Å². The molecule has 9 heteroatoms. The Hall–Kier alpha value is -5.09. The number of likely N-dealkylation sites (N-methyl/N-ethyl adjacent to an activating group) is 1. The molecule has 0 fully saturated rings. The quantitative estimate of drug-likeness (QED) is 0.0195. The summed E-state index contributed by atoms with van der Waals surface area (Å²) < 4.78 is 22.9. The van der Waals surface area contributed by atoms with Crippen LogP contribution in [0.5, 0.6) is 0 Å². The molecule has 0 aromatic heterocycles. The topological polar surface area (TPSA) is 111 Å².